The largest absolute Gasteiger partial charge is 0.493 e. The van der Waals surface area contributed by atoms with E-state index in [-0.39, 0.29) is 34.3 Å². The van der Waals surface area contributed by atoms with E-state index < -0.39 is 40.2 Å². The summed E-state index contributed by atoms with van der Waals surface area (Å²) in [6, 6.07) is 21.7. The number of methoxy groups -OCH3 is 2. The Hall–Kier alpha value is -4.32. The fourth-order valence-corrected chi connectivity index (χ4v) is 6.75. The van der Waals surface area contributed by atoms with Crippen LogP contribution in [0.25, 0.3) is 0 Å². The SMILES string of the molecule is CCCNC(=O)[C@H](Cc1ccccc1)N(Cc1ccc(Cl)c(Cl)c1)C(=O)CN(c1ccc(F)cc1)S(=O)(=O)c1ccc(OC)c(OC)c1. The number of carbonyl (C=O) groups is 2. The van der Waals surface area contributed by atoms with Crippen molar-refractivity contribution in [1.82, 2.24) is 10.2 Å². The first-order valence-electron chi connectivity index (χ1n) is 15.0. The van der Waals surface area contributed by atoms with Gasteiger partial charge in [0.2, 0.25) is 11.8 Å². The van der Waals surface area contributed by atoms with Crippen LogP contribution in [0.5, 0.6) is 11.5 Å². The molecule has 2 amide bonds. The zero-order chi connectivity index (χ0) is 34.8. The minimum Gasteiger partial charge on any atom is -0.493 e. The van der Waals surface area contributed by atoms with E-state index in [4.69, 9.17) is 32.7 Å². The maximum absolute atomic E-state index is 14.5. The van der Waals surface area contributed by atoms with Crippen molar-refractivity contribution in [2.45, 2.75) is 37.2 Å². The molecule has 0 unspecified atom stereocenters. The van der Waals surface area contributed by atoms with Crippen LogP contribution in [0, 0.1) is 5.82 Å². The number of nitrogens with zero attached hydrogens (tertiary/aromatic N) is 2. The van der Waals surface area contributed by atoms with E-state index in [2.05, 4.69) is 5.32 Å². The Morgan fingerprint density at radius 1 is 0.854 bits per heavy atom. The Balaban J connectivity index is 1.83. The number of rotatable bonds is 15. The van der Waals surface area contributed by atoms with Gasteiger partial charge in [-0.15, -0.1) is 0 Å². The van der Waals surface area contributed by atoms with Gasteiger partial charge >= 0.3 is 0 Å². The predicted molar refractivity (Wildman–Crippen MR) is 185 cm³/mol. The van der Waals surface area contributed by atoms with Crippen LogP contribution in [0.3, 0.4) is 0 Å². The number of sulfonamides is 1. The normalized spacial score (nSPS) is 11.8. The number of nitrogens with one attached hydrogen (secondary N) is 1. The van der Waals surface area contributed by atoms with Crippen molar-refractivity contribution in [2.75, 3.05) is 31.6 Å². The van der Waals surface area contributed by atoms with Gasteiger partial charge in [-0.25, -0.2) is 12.8 Å². The summed E-state index contributed by atoms with van der Waals surface area (Å²) in [7, 11) is -1.68. The van der Waals surface area contributed by atoms with E-state index >= 15 is 0 Å². The van der Waals surface area contributed by atoms with Gasteiger partial charge < -0.3 is 19.7 Å². The third-order valence-electron chi connectivity index (χ3n) is 7.49. The van der Waals surface area contributed by atoms with Crippen molar-refractivity contribution < 1.29 is 31.9 Å². The first-order valence-corrected chi connectivity index (χ1v) is 17.2. The van der Waals surface area contributed by atoms with Gasteiger partial charge in [-0.05, 0) is 66.1 Å². The summed E-state index contributed by atoms with van der Waals surface area (Å²) in [5.41, 5.74) is 1.38. The fraction of sp³-hybridized carbons (Fsp3) is 0.257. The Morgan fingerprint density at radius 2 is 1.54 bits per heavy atom. The highest BCUT2D eigenvalue weighted by atomic mass is 35.5. The van der Waals surface area contributed by atoms with Crippen molar-refractivity contribution >= 4 is 50.7 Å². The van der Waals surface area contributed by atoms with Crippen molar-refractivity contribution in [2.24, 2.45) is 0 Å². The maximum atomic E-state index is 14.5. The molecule has 0 spiro atoms. The molecular weight excluding hydrogens is 680 g/mol. The lowest BCUT2D eigenvalue weighted by molar-refractivity contribution is -0.140. The number of benzene rings is 4. The van der Waals surface area contributed by atoms with Crippen molar-refractivity contribution in [1.29, 1.82) is 0 Å². The van der Waals surface area contributed by atoms with E-state index in [9.17, 15) is 22.4 Å². The first kappa shape index (κ1) is 36.5. The quantitative estimate of drug-likeness (QED) is 0.151. The number of hydrogen-bond donors (Lipinski definition) is 1. The molecule has 0 fully saturated rings. The molecule has 9 nitrogen and oxygen atoms in total. The number of ether oxygens (including phenoxy) is 2. The average Bonchev–Trinajstić information content (AvgIpc) is 3.09. The first-order chi connectivity index (χ1) is 23.0. The lowest BCUT2D eigenvalue weighted by Crippen LogP contribution is -2.53. The summed E-state index contributed by atoms with van der Waals surface area (Å²) in [5.74, 6) is -1.24. The summed E-state index contributed by atoms with van der Waals surface area (Å²) >= 11 is 12.5. The summed E-state index contributed by atoms with van der Waals surface area (Å²) < 4.78 is 54.0. The van der Waals surface area contributed by atoms with Gasteiger partial charge in [0.25, 0.3) is 10.0 Å². The fourth-order valence-electron chi connectivity index (χ4n) is 4.99. The molecule has 1 N–H and O–H groups in total. The Bertz CT molecular complexity index is 1830. The lowest BCUT2D eigenvalue weighted by atomic mass is 10.0. The minimum atomic E-state index is -4.47. The zero-order valence-corrected chi connectivity index (χ0v) is 29.0. The maximum Gasteiger partial charge on any atom is 0.264 e. The smallest absolute Gasteiger partial charge is 0.264 e. The monoisotopic (exact) mass is 715 g/mol. The Kier molecular flexibility index (Phi) is 12.7. The number of anilines is 1. The molecule has 4 aromatic carbocycles. The van der Waals surface area contributed by atoms with Crippen molar-refractivity contribution in [3.8, 4) is 11.5 Å². The van der Waals surface area contributed by atoms with Gasteiger partial charge in [0.05, 0.1) is 34.8 Å². The summed E-state index contributed by atoms with van der Waals surface area (Å²) in [6.07, 6.45) is 0.800. The molecule has 1 atom stereocenters. The van der Waals surface area contributed by atoms with Gasteiger partial charge in [-0.3, -0.25) is 13.9 Å². The molecule has 13 heteroatoms. The molecule has 48 heavy (non-hydrogen) atoms. The second-order valence-electron chi connectivity index (χ2n) is 10.8. The zero-order valence-electron chi connectivity index (χ0n) is 26.7. The second-order valence-corrected chi connectivity index (χ2v) is 13.4. The van der Waals surface area contributed by atoms with Crippen LogP contribution in [-0.4, -0.2) is 58.5 Å². The van der Waals surface area contributed by atoms with E-state index in [1.165, 1.54) is 49.5 Å². The summed E-state index contributed by atoms with van der Waals surface area (Å²) in [6.45, 7) is 1.45. The topological polar surface area (TPSA) is 105 Å². The number of amides is 2. The highest BCUT2D eigenvalue weighted by Crippen LogP contribution is 2.33. The molecule has 0 aliphatic carbocycles. The third-order valence-corrected chi connectivity index (χ3v) is 10.0. The van der Waals surface area contributed by atoms with Gasteiger partial charge in [0.15, 0.2) is 11.5 Å². The highest BCUT2D eigenvalue weighted by Gasteiger charge is 2.35. The van der Waals surface area contributed by atoms with Crippen LogP contribution in [0.2, 0.25) is 10.0 Å². The molecule has 0 aliphatic rings. The van der Waals surface area contributed by atoms with Crippen LogP contribution in [-0.2, 0) is 32.6 Å². The van der Waals surface area contributed by atoms with Gasteiger partial charge in [-0.2, -0.15) is 0 Å². The Labute approximate surface area is 290 Å². The minimum absolute atomic E-state index is 0.0315. The molecule has 0 heterocycles. The molecule has 0 radical (unpaired) electrons. The van der Waals surface area contributed by atoms with E-state index in [1.54, 1.807) is 18.2 Å². The highest BCUT2D eigenvalue weighted by molar-refractivity contribution is 7.92. The van der Waals surface area contributed by atoms with Crippen LogP contribution in [0.1, 0.15) is 24.5 Å². The molecule has 0 aromatic heterocycles. The summed E-state index contributed by atoms with van der Waals surface area (Å²) in [4.78, 5) is 29.4. The standard InChI is InChI=1S/C35H36Cl2FN3O6S/c1-4-18-39-35(43)31(20-24-8-6-5-7-9-24)40(22-25-10-16-29(36)30(37)19-25)34(42)23-41(27-13-11-26(38)12-14-27)48(44,45)28-15-17-32(46-2)33(21-28)47-3/h5-17,19,21,31H,4,18,20,22-23H2,1-3H3,(H,39,43)/t31-/m0/s1. The number of carbonyl (C=O) groups excluding carboxylic acids is 2. The molecular formula is C35H36Cl2FN3O6S. The molecule has 254 valence electrons. The molecule has 0 aliphatic heterocycles. The van der Waals surface area contributed by atoms with Gasteiger partial charge in [-0.1, -0.05) is 66.5 Å². The molecule has 4 rings (SSSR count). The van der Waals surface area contributed by atoms with Crippen LogP contribution >= 0.6 is 23.2 Å². The third kappa shape index (κ3) is 8.97. The Morgan fingerprint density at radius 3 is 2.17 bits per heavy atom. The van der Waals surface area contributed by atoms with Crippen molar-refractivity contribution in [3.05, 3.63) is 118 Å². The molecule has 0 saturated carbocycles. The van der Waals surface area contributed by atoms with Crippen LogP contribution in [0.4, 0.5) is 10.1 Å². The van der Waals surface area contributed by atoms with Gasteiger partial charge in [0, 0.05) is 25.6 Å². The predicted octanol–water partition coefficient (Wildman–Crippen LogP) is 6.51. The van der Waals surface area contributed by atoms with Crippen LogP contribution in [0.15, 0.2) is 95.9 Å². The van der Waals surface area contributed by atoms with Crippen molar-refractivity contribution in [3.63, 3.8) is 0 Å². The van der Waals surface area contributed by atoms with E-state index in [0.717, 1.165) is 22.0 Å². The number of hydrogen-bond acceptors (Lipinski definition) is 6. The molecule has 0 saturated heterocycles. The van der Waals surface area contributed by atoms with Crippen LogP contribution < -0.4 is 19.1 Å². The lowest BCUT2D eigenvalue weighted by Gasteiger charge is -2.34. The second kappa shape index (κ2) is 16.7. The summed E-state index contributed by atoms with van der Waals surface area (Å²) in [5, 5.41) is 3.44. The molecule has 4 aromatic rings. The van der Waals surface area contributed by atoms with E-state index in [1.807, 2.05) is 37.3 Å². The average molecular weight is 717 g/mol. The van der Waals surface area contributed by atoms with E-state index in [0.29, 0.717) is 29.3 Å². The number of halogens is 3. The molecule has 0 bridgehead atoms. The van der Waals surface area contributed by atoms with Gasteiger partial charge in [0.1, 0.15) is 18.4 Å².